The second-order valence-electron chi connectivity index (χ2n) is 8.64. The number of carbonyl (C=O) groups excluding carboxylic acids is 2. The van der Waals surface area contributed by atoms with Crippen LogP contribution in [0.4, 0.5) is 0 Å². The van der Waals surface area contributed by atoms with Crippen LogP contribution in [0.2, 0.25) is 0 Å². The highest BCUT2D eigenvalue weighted by Gasteiger charge is 2.24. The molecule has 6 heteroatoms. The first-order valence-electron chi connectivity index (χ1n) is 12.1. The Kier molecular flexibility index (Phi) is 6.76. The van der Waals surface area contributed by atoms with E-state index in [0.29, 0.717) is 13.0 Å². The number of para-hydroxylation sites is 1. The summed E-state index contributed by atoms with van der Waals surface area (Å²) in [5, 5.41) is 4.83. The van der Waals surface area contributed by atoms with Gasteiger partial charge in [0, 0.05) is 29.3 Å². The van der Waals surface area contributed by atoms with Gasteiger partial charge in [-0.3, -0.25) is 4.79 Å². The van der Waals surface area contributed by atoms with E-state index < -0.39 is 17.9 Å². The van der Waals surface area contributed by atoms with E-state index in [0.717, 1.165) is 27.4 Å². The van der Waals surface area contributed by atoms with Crippen molar-refractivity contribution in [3.63, 3.8) is 0 Å². The van der Waals surface area contributed by atoms with Gasteiger partial charge in [-0.2, -0.15) is 0 Å². The molecule has 5 rings (SSSR count). The minimum absolute atomic E-state index is 0.241. The fourth-order valence-corrected chi connectivity index (χ4v) is 4.52. The number of ether oxygens (including phenoxy) is 1. The lowest BCUT2D eigenvalue weighted by Gasteiger charge is -2.17. The van der Waals surface area contributed by atoms with Crippen LogP contribution in [0.5, 0.6) is 0 Å². The Balaban J connectivity index is 1.47. The highest BCUT2D eigenvalue weighted by atomic mass is 16.5. The van der Waals surface area contributed by atoms with Crippen LogP contribution >= 0.6 is 0 Å². The molecule has 2 heterocycles. The quantitative estimate of drug-likeness (QED) is 0.314. The first-order chi connectivity index (χ1) is 17.6. The Labute approximate surface area is 209 Å². The third-order valence-corrected chi connectivity index (χ3v) is 6.23. The molecule has 0 saturated heterocycles. The predicted octanol–water partition coefficient (Wildman–Crippen LogP) is 5.14. The van der Waals surface area contributed by atoms with E-state index in [9.17, 15) is 9.59 Å². The average molecular weight is 478 g/mol. The molecule has 1 N–H and O–H groups in total. The fraction of sp³-hybridized carbons (Fsp3) is 0.167. The zero-order chi connectivity index (χ0) is 24.9. The van der Waals surface area contributed by atoms with Crippen LogP contribution in [-0.4, -0.2) is 34.1 Å². The minimum atomic E-state index is -0.809. The highest BCUT2D eigenvalue weighted by Crippen LogP contribution is 2.29. The predicted molar refractivity (Wildman–Crippen MR) is 141 cm³/mol. The molecule has 1 amide bonds. The van der Waals surface area contributed by atoms with Gasteiger partial charge in [-0.25, -0.2) is 9.78 Å². The number of hydrogen-bond acceptors (Lipinski definition) is 4. The van der Waals surface area contributed by atoms with E-state index in [2.05, 4.69) is 39.1 Å². The number of rotatable bonds is 8. The number of aromatic nitrogens is 2. The minimum Gasteiger partial charge on any atom is -0.464 e. The van der Waals surface area contributed by atoms with Crippen molar-refractivity contribution in [2.45, 2.75) is 25.9 Å². The van der Waals surface area contributed by atoms with Gasteiger partial charge in [-0.1, -0.05) is 78.9 Å². The summed E-state index contributed by atoms with van der Waals surface area (Å²) in [5.41, 5.74) is 4.39. The molecule has 0 spiro atoms. The van der Waals surface area contributed by atoms with Crippen LogP contribution < -0.4 is 5.32 Å². The summed E-state index contributed by atoms with van der Waals surface area (Å²) in [4.78, 5) is 30.3. The number of fused-ring (bicyclic) bond motifs is 3. The molecule has 6 nitrogen and oxygen atoms in total. The zero-order valence-electron chi connectivity index (χ0n) is 20.1. The molecule has 5 aromatic rings. The second kappa shape index (κ2) is 10.4. The van der Waals surface area contributed by atoms with Gasteiger partial charge >= 0.3 is 5.97 Å². The molecule has 3 aromatic carbocycles. The van der Waals surface area contributed by atoms with Crippen molar-refractivity contribution in [1.82, 2.24) is 14.9 Å². The summed E-state index contributed by atoms with van der Waals surface area (Å²) in [6.45, 7) is 2.69. The Morgan fingerprint density at radius 1 is 0.861 bits per heavy atom. The highest BCUT2D eigenvalue weighted by molar-refractivity contribution is 6.10. The average Bonchev–Trinajstić information content (AvgIpc) is 3.22. The van der Waals surface area contributed by atoms with Crippen molar-refractivity contribution in [1.29, 1.82) is 0 Å². The van der Waals surface area contributed by atoms with Crippen molar-refractivity contribution < 1.29 is 14.3 Å². The molecule has 0 radical (unpaired) electrons. The van der Waals surface area contributed by atoms with Gasteiger partial charge < -0.3 is 14.6 Å². The Hall–Kier alpha value is -4.45. The lowest BCUT2D eigenvalue weighted by atomic mass is 10.1. The first kappa shape index (κ1) is 23.3. The molecule has 1 atom stereocenters. The number of pyridine rings is 1. The number of amides is 1. The summed E-state index contributed by atoms with van der Waals surface area (Å²) < 4.78 is 7.44. The van der Waals surface area contributed by atoms with E-state index in [-0.39, 0.29) is 12.3 Å². The van der Waals surface area contributed by atoms with E-state index in [4.69, 9.17) is 4.74 Å². The van der Waals surface area contributed by atoms with Crippen molar-refractivity contribution in [3.05, 3.63) is 114 Å². The van der Waals surface area contributed by atoms with Crippen LogP contribution in [-0.2, 0) is 22.5 Å². The third kappa shape index (κ3) is 4.84. The molecule has 2 aromatic heterocycles. The monoisotopic (exact) mass is 477 g/mol. The number of carbonyl (C=O) groups is 2. The SMILES string of the molecule is CCOC(=O)[C@H](Cc1ccccc1)NC(=O)c1cc2c3ccccc3n(Cc3ccccc3)c2cn1. The number of hydrogen-bond donors (Lipinski definition) is 1. The van der Waals surface area contributed by atoms with Crippen LogP contribution in [0.3, 0.4) is 0 Å². The van der Waals surface area contributed by atoms with E-state index in [1.54, 1.807) is 19.2 Å². The van der Waals surface area contributed by atoms with E-state index in [1.807, 2.05) is 60.7 Å². The second-order valence-corrected chi connectivity index (χ2v) is 8.64. The summed E-state index contributed by atoms with van der Waals surface area (Å²) in [5.74, 6) is -0.874. The molecule has 36 heavy (non-hydrogen) atoms. The number of benzene rings is 3. The van der Waals surface area contributed by atoms with E-state index >= 15 is 0 Å². The summed E-state index contributed by atoms with van der Waals surface area (Å²) in [6.07, 6.45) is 2.08. The summed E-state index contributed by atoms with van der Waals surface area (Å²) >= 11 is 0. The number of nitrogens with zero attached hydrogens (tertiary/aromatic N) is 2. The summed E-state index contributed by atoms with van der Waals surface area (Å²) in [6, 6.07) is 28.9. The van der Waals surface area contributed by atoms with Gasteiger partial charge in [-0.15, -0.1) is 0 Å². The van der Waals surface area contributed by atoms with Gasteiger partial charge in [0.25, 0.3) is 5.91 Å². The third-order valence-electron chi connectivity index (χ3n) is 6.23. The maximum Gasteiger partial charge on any atom is 0.328 e. The number of nitrogens with one attached hydrogen (secondary N) is 1. The van der Waals surface area contributed by atoms with Crippen molar-refractivity contribution in [2.75, 3.05) is 6.61 Å². The molecule has 0 bridgehead atoms. The van der Waals surface area contributed by atoms with Crippen molar-refractivity contribution in [3.8, 4) is 0 Å². The molecular formula is C30H27N3O3. The van der Waals surface area contributed by atoms with Gasteiger partial charge in [0.1, 0.15) is 11.7 Å². The molecule has 0 saturated carbocycles. The Morgan fingerprint density at radius 3 is 2.25 bits per heavy atom. The lowest BCUT2D eigenvalue weighted by Crippen LogP contribution is -2.43. The molecular weight excluding hydrogens is 450 g/mol. The van der Waals surface area contributed by atoms with Crippen LogP contribution in [0, 0.1) is 0 Å². The van der Waals surface area contributed by atoms with Gasteiger partial charge in [-0.05, 0) is 30.2 Å². The first-order valence-corrected chi connectivity index (χ1v) is 12.1. The zero-order valence-corrected chi connectivity index (χ0v) is 20.1. The van der Waals surface area contributed by atoms with Crippen LogP contribution in [0.15, 0.2) is 97.2 Å². The lowest BCUT2D eigenvalue weighted by molar-refractivity contribution is -0.145. The van der Waals surface area contributed by atoms with Crippen LogP contribution in [0.1, 0.15) is 28.5 Å². The normalized spacial score (nSPS) is 11.9. The van der Waals surface area contributed by atoms with E-state index in [1.165, 1.54) is 5.56 Å². The Bertz CT molecular complexity index is 1510. The largest absolute Gasteiger partial charge is 0.464 e. The smallest absolute Gasteiger partial charge is 0.328 e. The molecule has 0 unspecified atom stereocenters. The molecule has 0 fully saturated rings. The molecule has 0 aliphatic rings. The standard InChI is InChI=1S/C30H27N3O3/c1-2-36-30(35)26(17-21-11-5-3-6-12-21)32-29(34)25-18-24-23-15-9-10-16-27(23)33(28(24)19-31-25)20-22-13-7-4-8-14-22/h3-16,18-19,26H,2,17,20H2,1H3,(H,32,34)/t26-/m0/s1. The van der Waals surface area contributed by atoms with Crippen molar-refractivity contribution in [2.24, 2.45) is 0 Å². The van der Waals surface area contributed by atoms with Crippen molar-refractivity contribution >= 4 is 33.7 Å². The summed E-state index contributed by atoms with van der Waals surface area (Å²) in [7, 11) is 0. The molecule has 0 aliphatic carbocycles. The fourth-order valence-electron chi connectivity index (χ4n) is 4.52. The van der Waals surface area contributed by atoms with Crippen LogP contribution in [0.25, 0.3) is 21.8 Å². The number of esters is 1. The van der Waals surface area contributed by atoms with Gasteiger partial charge in [0.2, 0.25) is 0 Å². The maximum atomic E-state index is 13.2. The Morgan fingerprint density at radius 2 is 1.53 bits per heavy atom. The maximum absolute atomic E-state index is 13.2. The topological polar surface area (TPSA) is 73.2 Å². The van der Waals surface area contributed by atoms with Gasteiger partial charge in [0.05, 0.1) is 18.3 Å². The molecule has 0 aliphatic heterocycles. The van der Waals surface area contributed by atoms with Gasteiger partial charge in [0.15, 0.2) is 0 Å². The molecule has 180 valence electrons.